The van der Waals surface area contributed by atoms with Gasteiger partial charge in [0.15, 0.2) is 0 Å². The number of aryl methyl sites for hydroxylation is 1. The Bertz CT molecular complexity index is 459. The van der Waals surface area contributed by atoms with Gasteiger partial charge in [0, 0.05) is 18.8 Å². The van der Waals surface area contributed by atoms with Crippen LogP contribution < -0.4 is 5.32 Å². The minimum atomic E-state index is 0.0443. The molecular weight excluding hydrogens is 240 g/mol. The predicted molar refractivity (Wildman–Crippen MR) is 76.4 cm³/mol. The third-order valence-corrected chi connectivity index (χ3v) is 3.57. The van der Waals surface area contributed by atoms with Crippen LogP contribution in [0.2, 0.25) is 0 Å². The zero-order valence-corrected chi connectivity index (χ0v) is 11.9. The first-order valence-electron chi connectivity index (χ1n) is 6.76. The monoisotopic (exact) mass is 262 g/mol. The maximum Gasteiger partial charge on any atom is 0.238 e. The normalized spacial score (nSPS) is 20.3. The van der Waals surface area contributed by atoms with Crippen molar-refractivity contribution in [3.8, 4) is 0 Å². The standard InChI is InChI=1S/C15H22N2O2/c1-11-5-4-6-14(13(11)3)16-15(18)10-17-7-8-19-12(2)9-17/h4-6,12H,7-10H2,1-3H3,(H,16,18). The number of carbonyl (C=O) groups is 1. The Morgan fingerprint density at radius 2 is 2.26 bits per heavy atom. The molecule has 1 aliphatic heterocycles. The summed E-state index contributed by atoms with van der Waals surface area (Å²) in [5.74, 6) is 0.0443. The molecule has 1 heterocycles. The van der Waals surface area contributed by atoms with Crippen LogP contribution in [0.25, 0.3) is 0 Å². The first kappa shape index (κ1) is 14.0. The number of benzene rings is 1. The van der Waals surface area contributed by atoms with Crippen LogP contribution in [-0.4, -0.2) is 43.2 Å². The van der Waals surface area contributed by atoms with Crippen LogP contribution in [-0.2, 0) is 9.53 Å². The molecule has 1 unspecified atom stereocenters. The fraction of sp³-hybridized carbons (Fsp3) is 0.533. The molecule has 1 N–H and O–H groups in total. The highest BCUT2D eigenvalue weighted by Crippen LogP contribution is 2.17. The summed E-state index contributed by atoms with van der Waals surface area (Å²) < 4.78 is 5.47. The molecule has 1 atom stereocenters. The molecule has 0 radical (unpaired) electrons. The Labute approximate surface area is 114 Å². The maximum absolute atomic E-state index is 12.1. The number of anilines is 1. The van der Waals surface area contributed by atoms with Gasteiger partial charge in [-0.05, 0) is 38.0 Å². The van der Waals surface area contributed by atoms with Gasteiger partial charge in [-0.3, -0.25) is 9.69 Å². The predicted octanol–water partition coefficient (Wildman–Crippen LogP) is 1.96. The lowest BCUT2D eigenvalue weighted by molar-refractivity contribution is -0.119. The van der Waals surface area contributed by atoms with Gasteiger partial charge in [0.1, 0.15) is 0 Å². The van der Waals surface area contributed by atoms with E-state index in [2.05, 4.69) is 23.2 Å². The minimum Gasteiger partial charge on any atom is -0.376 e. The van der Waals surface area contributed by atoms with Crippen molar-refractivity contribution in [3.63, 3.8) is 0 Å². The Balaban J connectivity index is 1.92. The van der Waals surface area contributed by atoms with Crippen molar-refractivity contribution in [2.24, 2.45) is 0 Å². The van der Waals surface area contributed by atoms with Gasteiger partial charge >= 0.3 is 0 Å². The largest absolute Gasteiger partial charge is 0.376 e. The highest BCUT2D eigenvalue weighted by atomic mass is 16.5. The van der Waals surface area contributed by atoms with Crippen LogP contribution in [0.15, 0.2) is 18.2 Å². The summed E-state index contributed by atoms with van der Waals surface area (Å²) in [7, 11) is 0. The second-order valence-electron chi connectivity index (χ2n) is 5.21. The van der Waals surface area contributed by atoms with Gasteiger partial charge in [-0.1, -0.05) is 12.1 Å². The number of rotatable bonds is 3. The summed E-state index contributed by atoms with van der Waals surface area (Å²) in [5.41, 5.74) is 3.23. The highest BCUT2D eigenvalue weighted by molar-refractivity contribution is 5.93. The van der Waals surface area contributed by atoms with E-state index in [0.717, 1.165) is 24.3 Å². The molecule has 1 amide bonds. The molecule has 2 rings (SSSR count). The molecule has 1 aromatic rings. The van der Waals surface area contributed by atoms with Crippen molar-refractivity contribution in [1.82, 2.24) is 4.90 Å². The lowest BCUT2D eigenvalue weighted by Gasteiger charge is -2.30. The topological polar surface area (TPSA) is 41.6 Å². The van der Waals surface area contributed by atoms with E-state index in [1.807, 2.05) is 26.0 Å². The fourth-order valence-corrected chi connectivity index (χ4v) is 2.31. The van der Waals surface area contributed by atoms with Crippen molar-refractivity contribution in [1.29, 1.82) is 0 Å². The van der Waals surface area contributed by atoms with Gasteiger partial charge < -0.3 is 10.1 Å². The lowest BCUT2D eigenvalue weighted by atomic mass is 10.1. The molecular formula is C15H22N2O2. The van der Waals surface area contributed by atoms with Crippen molar-refractivity contribution >= 4 is 11.6 Å². The van der Waals surface area contributed by atoms with Crippen LogP contribution in [0.1, 0.15) is 18.1 Å². The molecule has 1 saturated heterocycles. The Kier molecular flexibility index (Phi) is 4.56. The molecule has 19 heavy (non-hydrogen) atoms. The van der Waals surface area contributed by atoms with Crippen LogP contribution in [0.3, 0.4) is 0 Å². The number of hydrogen-bond acceptors (Lipinski definition) is 3. The molecule has 0 spiro atoms. The van der Waals surface area contributed by atoms with Crippen LogP contribution in [0.4, 0.5) is 5.69 Å². The number of nitrogens with zero attached hydrogens (tertiary/aromatic N) is 1. The fourth-order valence-electron chi connectivity index (χ4n) is 2.31. The molecule has 1 aromatic carbocycles. The zero-order chi connectivity index (χ0) is 13.8. The lowest BCUT2D eigenvalue weighted by Crippen LogP contribution is -2.44. The Morgan fingerprint density at radius 3 is 3.00 bits per heavy atom. The maximum atomic E-state index is 12.1. The van der Waals surface area contributed by atoms with E-state index in [1.165, 1.54) is 5.56 Å². The SMILES string of the molecule is Cc1cccc(NC(=O)CN2CCOC(C)C2)c1C. The molecule has 0 aromatic heterocycles. The zero-order valence-electron chi connectivity index (χ0n) is 11.9. The van der Waals surface area contributed by atoms with Crippen LogP contribution >= 0.6 is 0 Å². The second-order valence-corrected chi connectivity index (χ2v) is 5.21. The Hall–Kier alpha value is -1.39. The van der Waals surface area contributed by atoms with E-state index in [-0.39, 0.29) is 12.0 Å². The molecule has 0 bridgehead atoms. The van der Waals surface area contributed by atoms with Gasteiger partial charge in [0.05, 0.1) is 19.3 Å². The number of carbonyl (C=O) groups excluding carboxylic acids is 1. The third kappa shape index (κ3) is 3.78. The van der Waals surface area contributed by atoms with Gasteiger partial charge in [-0.15, -0.1) is 0 Å². The highest BCUT2D eigenvalue weighted by Gasteiger charge is 2.19. The van der Waals surface area contributed by atoms with Crippen LogP contribution in [0.5, 0.6) is 0 Å². The molecule has 0 saturated carbocycles. The first-order valence-corrected chi connectivity index (χ1v) is 6.76. The molecule has 1 aliphatic rings. The smallest absolute Gasteiger partial charge is 0.238 e. The minimum absolute atomic E-state index is 0.0443. The van der Waals surface area contributed by atoms with Crippen molar-refractivity contribution in [2.75, 3.05) is 31.6 Å². The average Bonchev–Trinajstić information content (AvgIpc) is 2.35. The van der Waals surface area contributed by atoms with E-state index in [1.54, 1.807) is 0 Å². The van der Waals surface area contributed by atoms with E-state index >= 15 is 0 Å². The molecule has 1 fully saturated rings. The van der Waals surface area contributed by atoms with E-state index in [0.29, 0.717) is 13.2 Å². The third-order valence-electron chi connectivity index (χ3n) is 3.57. The average molecular weight is 262 g/mol. The Morgan fingerprint density at radius 1 is 1.47 bits per heavy atom. The quantitative estimate of drug-likeness (QED) is 0.905. The summed E-state index contributed by atoms with van der Waals surface area (Å²) >= 11 is 0. The molecule has 4 nitrogen and oxygen atoms in total. The van der Waals surface area contributed by atoms with Crippen molar-refractivity contribution < 1.29 is 9.53 Å². The van der Waals surface area contributed by atoms with Crippen LogP contribution in [0, 0.1) is 13.8 Å². The van der Waals surface area contributed by atoms with Gasteiger partial charge in [-0.2, -0.15) is 0 Å². The van der Waals surface area contributed by atoms with Crippen molar-refractivity contribution in [3.05, 3.63) is 29.3 Å². The summed E-state index contributed by atoms with van der Waals surface area (Å²) in [5, 5.41) is 2.99. The van der Waals surface area contributed by atoms with Crippen molar-refractivity contribution in [2.45, 2.75) is 26.9 Å². The van der Waals surface area contributed by atoms with E-state index in [4.69, 9.17) is 4.74 Å². The second kappa shape index (κ2) is 6.17. The summed E-state index contributed by atoms with van der Waals surface area (Å²) in [6, 6.07) is 5.96. The number of hydrogen-bond donors (Lipinski definition) is 1. The van der Waals surface area contributed by atoms with E-state index in [9.17, 15) is 4.79 Å². The molecule has 104 valence electrons. The number of amides is 1. The van der Waals surface area contributed by atoms with E-state index < -0.39 is 0 Å². The number of ether oxygens (including phenoxy) is 1. The molecule has 4 heteroatoms. The summed E-state index contributed by atoms with van der Waals surface area (Å²) in [4.78, 5) is 14.2. The van der Waals surface area contributed by atoms with Gasteiger partial charge in [0.2, 0.25) is 5.91 Å². The van der Waals surface area contributed by atoms with Gasteiger partial charge in [-0.25, -0.2) is 0 Å². The summed E-state index contributed by atoms with van der Waals surface area (Å²) in [6.07, 6.45) is 0.210. The van der Waals surface area contributed by atoms with Gasteiger partial charge in [0.25, 0.3) is 0 Å². The first-order chi connectivity index (χ1) is 9.06. The number of morpholine rings is 1. The molecule has 0 aliphatic carbocycles. The number of nitrogens with one attached hydrogen (secondary N) is 1. The summed E-state index contributed by atoms with van der Waals surface area (Å²) in [6.45, 7) is 8.90.